The topological polar surface area (TPSA) is 92.3 Å². The third-order valence-corrected chi connectivity index (χ3v) is 5.41. The van der Waals surface area contributed by atoms with Crippen molar-refractivity contribution in [3.8, 4) is 0 Å². The molecule has 0 saturated heterocycles. The van der Waals surface area contributed by atoms with Gasteiger partial charge in [-0.2, -0.15) is 0 Å². The Balaban J connectivity index is 1.80. The summed E-state index contributed by atoms with van der Waals surface area (Å²) in [6.45, 7) is -0.111. The van der Waals surface area contributed by atoms with Crippen LogP contribution < -0.4 is 9.44 Å². The molecule has 0 saturated carbocycles. The largest absolute Gasteiger partial charge is 0.233 e. The zero-order chi connectivity index (χ0) is 18.9. The molecule has 26 heavy (non-hydrogen) atoms. The van der Waals surface area contributed by atoms with Gasteiger partial charge in [-0.05, 0) is 23.3 Å². The van der Waals surface area contributed by atoms with Gasteiger partial charge in [-0.25, -0.2) is 26.3 Å². The Kier molecular flexibility index (Phi) is 7.28. The summed E-state index contributed by atoms with van der Waals surface area (Å²) in [6.07, 6.45) is 2.93. The fourth-order valence-corrected chi connectivity index (χ4v) is 3.59. The average molecular weight is 393 g/mol. The molecule has 2 aromatic carbocycles. The van der Waals surface area contributed by atoms with E-state index in [2.05, 4.69) is 9.44 Å². The first kappa shape index (κ1) is 20.1. The van der Waals surface area contributed by atoms with Crippen LogP contribution in [0.3, 0.4) is 0 Å². The summed E-state index contributed by atoms with van der Waals surface area (Å²) in [5.74, 6) is 0. The molecule has 0 heterocycles. The number of nitrogens with one attached hydrogen (secondary N) is 2. The third kappa shape index (κ3) is 7.75. The second kappa shape index (κ2) is 9.44. The van der Waals surface area contributed by atoms with Crippen molar-refractivity contribution in [2.45, 2.75) is 0 Å². The first-order valence-electron chi connectivity index (χ1n) is 7.82. The molecular weight excluding hydrogens is 372 g/mol. The van der Waals surface area contributed by atoms with E-state index >= 15 is 0 Å². The molecule has 8 heteroatoms. The van der Waals surface area contributed by atoms with Crippen LogP contribution in [0.2, 0.25) is 0 Å². The Morgan fingerprint density at radius 2 is 0.962 bits per heavy atom. The Labute approximate surface area is 154 Å². The maximum atomic E-state index is 11.8. The van der Waals surface area contributed by atoms with Crippen molar-refractivity contribution in [2.24, 2.45) is 0 Å². The first-order chi connectivity index (χ1) is 12.4. The highest BCUT2D eigenvalue weighted by Crippen LogP contribution is 2.03. The Morgan fingerprint density at radius 3 is 1.31 bits per heavy atom. The van der Waals surface area contributed by atoms with Crippen LogP contribution in [0.4, 0.5) is 0 Å². The van der Waals surface area contributed by atoms with Gasteiger partial charge in [-0.3, -0.25) is 0 Å². The molecular formula is C18H20N2O4S2. The monoisotopic (exact) mass is 392 g/mol. The second-order valence-electron chi connectivity index (χ2n) is 5.31. The zero-order valence-corrected chi connectivity index (χ0v) is 15.6. The molecule has 6 nitrogen and oxygen atoms in total. The number of benzene rings is 2. The Bertz CT molecular complexity index is 871. The van der Waals surface area contributed by atoms with Gasteiger partial charge in [-0.1, -0.05) is 60.7 Å². The minimum atomic E-state index is -3.64. The van der Waals surface area contributed by atoms with E-state index in [0.29, 0.717) is 0 Å². The number of sulfonamides is 2. The van der Waals surface area contributed by atoms with Crippen LogP contribution in [-0.4, -0.2) is 29.9 Å². The van der Waals surface area contributed by atoms with Crippen LogP contribution in [0.1, 0.15) is 11.1 Å². The fourth-order valence-electron chi connectivity index (χ4n) is 1.95. The maximum Gasteiger partial charge on any atom is 0.233 e. The second-order valence-corrected chi connectivity index (χ2v) is 8.61. The van der Waals surface area contributed by atoms with E-state index in [9.17, 15) is 16.8 Å². The maximum absolute atomic E-state index is 11.8. The molecule has 0 bridgehead atoms. The van der Waals surface area contributed by atoms with E-state index in [1.54, 1.807) is 48.5 Å². The molecule has 0 aliphatic carbocycles. The SMILES string of the molecule is O=S(=O)(/C=C/c1ccccc1)NCCNS(=O)(=O)/C=C/c1ccccc1. The van der Waals surface area contributed by atoms with Crippen LogP contribution in [0.25, 0.3) is 12.2 Å². The molecule has 138 valence electrons. The highest BCUT2D eigenvalue weighted by molar-refractivity contribution is 7.92. The lowest BCUT2D eigenvalue weighted by Gasteiger charge is -2.04. The van der Waals surface area contributed by atoms with Crippen LogP contribution in [-0.2, 0) is 20.0 Å². The van der Waals surface area contributed by atoms with E-state index in [4.69, 9.17) is 0 Å². The van der Waals surface area contributed by atoms with Crippen LogP contribution in [0.5, 0.6) is 0 Å². The summed E-state index contributed by atoms with van der Waals surface area (Å²) in [7, 11) is -7.27. The van der Waals surface area contributed by atoms with Gasteiger partial charge in [-0.15, -0.1) is 0 Å². The molecule has 0 atom stereocenters. The number of rotatable bonds is 9. The fraction of sp³-hybridized carbons (Fsp3) is 0.111. The van der Waals surface area contributed by atoms with Gasteiger partial charge in [0, 0.05) is 23.9 Å². The van der Waals surface area contributed by atoms with Gasteiger partial charge >= 0.3 is 0 Å². The predicted molar refractivity (Wildman–Crippen MR) is 105 cm³/mol. The highest BCUT2D eigenvalue weighted by atomic mass is 32.2. The van der Waals surface area contributed by atoms with Gasteiger partial charge < -0.3 is 0 Å². The lowest BCUT2D eigenvalue weighted by molar-refractivity contribution is 0.580. The molecule has 0 spiro atoms. The Morgan fingerprint density at radius 1 is 0.615 bits per heavy atom. The molecule has 0 aliphatic rings. The molecule has 0 aromatic heterocycles. The van der Waals surface area contributed by atoms with Crippen LogP contribution >= 0.6 is 0 Å². The average Bonchev–Trinajstić information content (AvgIpc) is 2.64. The molecule has 0 fully saturated rings. The van der Waals surface area contributed by atoms with Crippen LogP contribution in [0, 0.1) is 0 Å². The summed E-state index contributed by atoms with van der Waals surface area (Å²) >= 11 is 0. The van der Waals surface area contributed by atoms with E-state index in [1.165, 1.54) is 12.2 Å². The quantitative estimate of drug-likeness (QED) is 0.640. The first-order valence-corrected chi connectivity index (χ1v) is 10.9. The molecule has 0 amide bonds. The Hall–Kier alpha value is -2.26. The smallest absolute Gasteiger partial charge is 0.210 e. The summed E-state index contributed by atoms with van der Waals surface area (Å²) in [4.78, 5) is 0. The van der Waals surface area contributed by atoms with Crippen molar-refractivity contribution in [1.82, 2.24) is 9.44 Å². The summed E-state index contributed by atoms with van der Waals surface area (Å²) in [5.41, 5.74) is 1.51. The minimum Gasteiger partial charge on any atom is -0.210 e. The van der Waals surface area contributed by atoms with Gasteiger partial charge in [0.2, 0.25) is 20.0 Å². The van der Waals surface area contributed by atoms with E-state index < -0.39 is 20.0 Å². The van der Waals surface area contributed by atoms with Gasteiger partial charge in [0.25, 0.3) is 0 Å². The molecule has 0 radical (unpaired) electrons. The molecule has 2 rings (SSSR count). The zero-order valence-electron chi connectivity index (χ0n) is 13.9. The van der Waals surface area contributed by atoms with Crippen molar-refractivity contribution in [3.05, 3.63) is 82.6 Å². The molecule has 2 N–H and O–H groups in total. The standard InChI is InChI=1S/C18H20N2O4S2/c21-25(22,15-11-17-7-3-1-4-8-17)19-13-14-20-26(23,24)16-12-18-9-5-2-6-10-18/h1-12,15-16,19-20H,13-14H2/b15-11+,16-12+. The van der Waals surface area contributed by atoms with Crippen molar-refractivity contribution < 1.29 is 16.8 Å². The molecule has 2 aromatic rings. The van der Waals surface area contributed by atoms with Crippen molar-refractivity contribution in [1.29, 1.82) is 0 Å². The summed E-state index contributed by atoms with van der Waals surface area (Å²) < 4.78 is 52.0. The van der Waals surface area contributed by atoms with E-state index in [0.717, 1.165) is 21.9 Å². The number of hydrogen-bond acceptors (Lipinski definition) is 4. The predicted octanol–water partition coefficient (Wildman–Crippen LogP) is 2.17. The van der Waals surface area contributed by atoms with Crippen molar-refractivity contribution >= 4 is 32.2 Å². The highest BCUT2D eigenvalue weighted by Gasteiger charge is 2.07. The lowest BCUT2D eigenvalue weighted by atomic mass is 10.2. The van der Waals surface area contributed by atoms with Gasteiger partial charge in [0.1, 0.15) is 0 Å². The van der Waals surface area contributed by atoms with Crippen molar-refractivity contribution in [3.63, 3.8) is 0 Å². The summed E-state index contributed by atoms with van der Waals surface area (Å²) in [5, 5.41) is 2.10. The van der Waals surface area contributed by atoms with E-state index in [-0.39, 0.29) is 13.1 Å². The normalized spacial score (nSPS) is 12.8. The third-order valence-electron chi connectivity index (χ3n) is 3.21. The van der Waals surface area contributed by atoms with Crippen molar-refractivity contribution in [2.75, 3.05) is 13.1 Å². The van der Waals surface area contributed by atoms with Crippen LogP contribution in [0.15, 0.2) is 71.5 Å². The lowest BCUT2D eigenvalue weighted by Crippen LogP contribution is -2.33. The van der Waals surface area contributed by atoms with E-state index in [1.807, 2.05) is 12.1 Å². The van der Waals surface area contributed by atoms with Gasteiger partial charge in [0.15, 0.2) is 0 Å². The number of hydrogen-bond donors (Lipinski definition) is 2. The molecule has 0 aliphatic heterocycles. The van der Waals surface area contributed by atoms with Gasteiger partial charge in [0.05, 0.1) is 0 Å². The molecule has 0 unspecified atom stereocenters. The summed E-state index contributed by atoms with van der Waals surface area (Å²) in [6, 6.07) is 18.0. The minimum absolute atomic E-state index is 0.0557.